The third kappa shape index (κ3) is 3.20. The van der Waals surface area contributed by atoms with Gasteiger partial charge in [-0.3, -0.25) is 4.72 Å². The molecule has 20 heavy (non-hydrogen) atoms. The van der Waals surface area contributed by atoms with Gasteiger partial charge in [0, 0.05) is 5.69 Å². The van der Waals surface area contributed by atoms with Crippen molar-refractivity contribution in [3.05, 3.63) is 47.7 Å². The van der Waals surface area contributed by atoms with Crippen molar-refractivity contribution in [1.29, 1.82) is 0 Å². The lowest BCUT2D eigenvalue weighted by molar-refractivity contribution is 0.417. The molecule has 0 aliphatic heterocycles. The molecule has 0 aliphatic carbocycles. The van der Waals surface area contributed by atoms with E-state index >= 15 is 0 Å². The summed E-state index contributed by atoms with van der Waals surface area (Å²) < 4.78 is 32.0. The average Bonchev–Trinajstić information content (AvgIpc) is 2.88. The smallest absolute Gasteiger partial charge is 0.295 e. The topological polar surface area (TPSA) is 85.3 Å². The summed E-state index contributed by atoms with van der Waals surface area (Å²) >= 11 is 0. The summed E-state index contributed by atoms with van der Waals surface area (Å²) in [7, 11) is -3.72. The van der Waals surface area contributed by atoms with Crippen LogP contribution in [0.15, 0.2) is 45.9 Å². The summed E-state index contributed by atoms with van der Waals surface area (Å²) in [5.74, 6) is 0.758. The Morgan fingerprint density at radius 3 is 2.60 bits per heavy atom. The summed E-state index contributed by atoms with van der Waals surface area (Å²) in [6.45, 7) is 4.26. The predicted octanol–water partition coefficient (Wildman–Crippen LogP) is 2.66. The van der Waals surface area contributed by atoms with E-state index in [4.69, 9.17) is 10.2 Å². The zero-order chi connectivity index (χ0) is 14.8. The number of nitrogens with one attached hydrogen (secondary N) is 1. The maximum absolute atomic E-state index is 12.2. The van der Waals surface area contributed by atoms with E-state index in [1.54, 1.807) is 12.1 Å². The van der Waals surface area contributed by atoms with E-state index in [-0.39, 0.29) is 11.6 Å². The van der Waals surface area contributed by atoms with E-state index in [1.165, 1.54) is 6.07 Å². The Morgan fingerprint density at radius 1 is 1.25 bits per heavy atom. The van der Waals surface area contributed by atoms with Crippen LogP contribution < -0.4 is 10.5 Å². The van der Waals surface area contributed by atoms with Crippen molar-refractivity contribution >= 4 is 15.7 Å². The van der Waals surface area contributed by atoms with Crippen molar-refractivity contribution < 1.29 is 12.8 Å². The van der Waals surface area contributed by atoms with E-state index in [9.17, 15) is 8.42 Å². The number of furan rings is 1. The fraction of sp³-hybridized carbons (Fsp3) is 0.286. The molecule has 0 fully saturated rings. The number of hydrogen-bond acceptors (Lipinski definition) is 4. The molecule has 0 amide bonds. The summed E-state index contributed by atoms with van der Waals surface area (Å²) in [6, 6.07) is 10.3. The molecular formula is C14H18N2O3S. The number of anilines is 1. The molecule has 0 atom stereocenters. The Balaban J connectivity index is 2.26. The molecule has 1 aromatic heterocycles. The maximum atomic E-state index is 12.2. The van der Waals surface area contributed by atoms with E-state index in [2.05, 4.69) is 4.72 Å². The third-order valence-corrected chi connectivity index (χ3v) is 4.16. The van der Waals surface area contributed by atoms with Crippen LogP contribution in [0, 0.1) is 0 Å². The minimum absolute atomic E-state index is 0.132. The average molecular weight is 294 g/mol. The maximum Gasteiger partial charge on any atom is 0.295 e. The summed E-state index contributed by atoms with van der Waals surface area (Å²) in [4.78, 5) is 0. The predicted molar refractivity (Wildman–Crippen MR) is 77.9 cm³/mol. The Hall–Kier alpha value is -1.79. The Labute approximate surface area is 118 Å². The van der Waals surface area contributed by atoms with Gasteiger partial charge in [0.05, 0.1) is 6.54 Å². The molecule has 0 spiro atoms. The Bertz CT molecular complexity index is 690. The molecule has 6 heteroatoms. The lowest BCUT2D eigenvalue weighted by Crippen LogP contribution is -2.12. The van der Waals surface area contributed by atoms with Gasteiger partial charge < -0.3 is 10.2 Å². The quantitative estimate of drug-likeness (QED) is 0.887. The van der Waals surface area contributed by atoms with Gasteiger partial charge in [-0.1, -0.05) is 26.0 Å². The van der Waals surface area contributed by atoms with Crippen molar-refractivity contribution in [3.63, 3.8) is 0 Å². The van der Waals surface area contributed by atoms with Crippen LogP contribution in [0.5, 0.6) is 0 Å². The normalized spacial score (nSPS) is 11.8. The van der Waals surface area contributed by atoms with Crippen molar-refractivity contribution in [2.75, 3.05) is 4.72 Å². The Morgan fingerprint density at radius 2 is 2.00 bits per heavy atom. The molecule has 108 valence electrons. The monoisotopic (exact) mass is 294 g/mol. The first kappa shape index (κ1) is 14.6. The summed E-state index contributed by atoms with van der Waals surface area (Å²) in [5.41, 5.74) is 6.98. The lowest BCUT2D eigenvalue weighted by Gasteiger charge is -2.09. The molecule has 0 radical (unpaired) electrons. The van der Waals surface area contributed by atoms with Crippen LogP contribution in [0.4, 0.5) is 5.69 Å². The summed E-state index contributed by atoms with van der Waals surface area (Å²) in [6.07, 6.45) is 0. The van der Waals surface area contributed by atoms with Crippen molar-refractivity contribution in [1.82, 2.24) is 0 Å². The minimum Gasteiger partial charge on any atom is -0.446 e. The first-order valence-corrected chi connectivity index (χ1v) is 7.82. The van der Waals surface area contributed by atoms with Crippen molar-refractivity contribution in [2.45, 2.75) is 31.4 Å². The van der Waals surface area contributed by atoms with Gasteiger partial charge in [-0.15, -0.1) is 0 Å². The number of hydrogen-bond donors (Lipinski definition) is 2. The molecule has 5 nitrogen and oxygen atoms in total. The van der Waals surface area contributed by atoms with Gasteiger partial charge in [0.2, 0.25) is 5.09 Å². The first-order chi connectivity index (χ1) is 9.42. The third-order valence-electron chi connectivity index (χ3n) is 2.91. The highest BCUT2D eigenvalue weighted by Gasteiger charge is 2.18. The van der Waals surface area contributed by atoms with Crippen molar-refractivity contribution in [2.24, 2.45) is 5.73 Å². The lowest BCUT2D eigenvalue weighted by atomic mass is 10.0. The zero-order valence-electron chi connectivity index (χ0n) is 11.5. The molecule has 2 aromatic rings. The summed E-state index contributed by atoms with van der Waals surface area (Å²) in [5, 5.41) is -0.132. The fourth-order valence-corrected chi connectivity index (χ4v) is 2.78. The molecule has 3 N–H and O–H groups in total. The molecular weight excluding hydrogens is 276 g/mol. The van der Waals surface area contributed by atoms with E-state index in [0.717, 1.165) is 5.56 Å². The largest absolute Gasteiger partial charge is 0.446 e. The van der Waals surface area contributed by atoms with Gasteiger partial charge in [0.1, 0.15) is 5.76 Å². The molecule has 0 unspecified atom stereocenters. The SMILES string of the molecule is CC(C)c1cccc(NS(=O)(=O)c2ccc(CN)o2)c1. The number of benzene rings is 1. The van der Waals surface area contributed by atoms with Crippen molar-refractivity contribution in [3.8, 4) is 0 Å². The first-order valence-electron chi connectivity index (χ1n) is 6.34. The molecule has 0 aliphatic rings. The highest BCUT2D eigenvalue weighted by atomic mass is 32.2. The second-order valence-electron chi connectivity index (χ2n) is 4.81. The van der Waals surface area contributed by atoms with E-state index in [1.807, 2.05) is 32.0 Å². The standard InChI is InChI=1S/C14H18N2O3S/c1-10(2)11-4-3-5-12(8-11)16-20(17,18)14-7-6-13(9-15)19-14/h3-8,10,16H,9,15H2,1-2H3. The minimum atomic E-state index is -3.72. The zero-order valence-corrected chi connectivity index (χ0v) is 12.3. The van der Waals surface area contributed by atoms with Gasteiger partial charge in [-0.2, -0.15) is 8.42 Å². The van der Waals surface area contributed by atoms with Crippen LogP contribution in [0.3, 0.4) is 0 Å². The number of rotatable bonds is 5. The molecule has 2 rings (SSSR count). The van der Waals surface area contributed by atoms with Crippen LogP contribution in [0.25, 0.3) is 0 Å². The van der Waals surface area contributed by atoms with Crippen LogP contribution >= 0.6 is 0 Å². The van der Waals surface area contributed by atoms with Crippen LogP contribution in [0.2, 0.25) is 0 Å². The Kier molecular flexibility index (Phi) is 4.15. The molecule has 0 bridgehead atoms. The second-order valence-corrected chi connectivity index (χ2v) is 6.42. The van der Waals surface area contributed by atoms with Gasteiger partial charge >= 0.3 is 0 Å². The second kappa shape index (κ2) is 5.68. The highest BCUT2D eigenvalue weighted by Crippen LogP contribution is 2.22. The molecule has 0 saturated carbocycles. The van der Waals surface area contributed by atoms with Crippen LogP contribution in [0.1, 0.15) is 31.1 Å². The number of nitrogens with two attached hydrogens (primary N) is 1. The molecule has 1 aromatic carbocycles. The number of sulfonamides is 1. The molecule has 0 saturated heterocycles. The van der Waals surface area contributed by atoms with Gasteiger partial charge in [-0.05, 0) is 35.7 Å². The van der Waals surface area contributed by atoms with E-state index < -0.39 is 10.0 Å². The van der Waals surface area contributed by atoms with E-state index in [0.29, 0.717) is 17.4 Å². The van der Waals surface area contributed by atoms with Gasteiger partial charge in [-0.25, -0.2) is 0 Å². The highest BCUT2D eigenvalue weighted by molar-refractivity contribution is 7.92. The fourth-order valence-electron chi connectivity index (χ4n) is 1.78. The van der Waals surface area contributed by atoms with Crippen LogP contribution in [-0.4, -0.2) is 8.42 Å². The van der Waals surface area contributed by atoms with Gasteiger partial charge in [0.25, 0.3) is 10.0 Å². The van der Waals surface area contributed by atoms with Crippen LogP contribution in [-0.2, 0) is 16.6 Å². The van der Waals surface area contributed by atoms with Gasteiger partial charge in [0.15, 0.2) is 0 Å². The molecule has 1 heterocycles.